The number of hydrogen-bond acceptors (Lipinski definition) is 1. The molecule has 0 N–H and O–H groups in total. The second kappa shape index (κ2) is 14.3. The molecule has 0 saturated carbocycles. The first kappa shape index (κ1) is 20.9. The molecule has 0 unspecified atom stereocenters. The van der Waals surface area contributed by atoms with Crippen LogP contribution in [0.5, 0.6) is 0 Å². The van der Waals surface area contributed by atoms with Gasteiger partial charge < -0.3 is 0 Å². The molecular weight excluding hydrogens is 292 g/mol. The van der Waals surface area contributed by atoms with E-state index in [4.69, 9.17) is 0 Å². The maximum atomic E-state index is 11.1. The lowest BCUT2D eigenvalue weighted by atomic mass is 10.0. The number of benzene rings is 1. The number of hydrogen-bond donors (Lipinski definition) is 0. The summed E-state index contributed by atoms with van der Waals surface area (Å²) in [5.41, 5.74) is 2.55. The third-order valence-corrected chi connectivity index (χ3v) is 4.80. The van der Waals surface area contributed by atoms with Gasteiger partial charge in [-0.3, -0.25) is 4.79 Å². The molecule has 0 aromatic heterocycles. The van der Waals surface area contributed by atoms with Gasteiger partial charge in [0, 0.05) is 6.42 Å². The molecular formula is C23H38O. The molecule has 1 heteroatoms. The van der Waals surface area contributed by atoms with Crippen LogP contribution in [0, 0.1) is 0 Å². The standard InChI is InChI=1S/C23H38O/c1-3-4-5-6-7-8-9-10-11-12-13-14-15-22-16-18-23(19-17-22)20-21(2)24/h16-19H,3-15,20H2,1-2H3. The van der Waals surface area contributed by atoms with E-state index in [0.29, 0.717) is 6.42 Å². The first-order valence-electron chi connectivity index (χ1n) is 10.3. The zero-order valence-corrected chi connectivity index (χ0v) is 16.1. The Morgan fingerprint density at radius 2 is 1.08 bits per heavy atom. The molecule has 24 heavy (non-hydrogen) atoms. The summed E-state index contributed by atoms with van der Waals surface area (Å²) in [5, 5.41) is 0. The van der Waals surface area contributed by atoms with Gasteiger partial charge in [0.1, 0.15) is 5.78 Å². The summed E-state index contributed by atoms with van der Waals surface area (Å²) in [7, 11) is 0. The SMILES string of the molecule is CCCCCCCCCCCCCCc1ccc(CC(C)=O)cc1. The van der Waals surface area contributed by atoms with Crippen LogP contribution in [0.2, 0.25) is 0 Å². The van der Waals surface area contributed by atoms with Crippen LogP contribution in [0.1, 0.15) is 102 Å². The van der Waals surface area contributed by atoms with Crippen molar-refractivity contribution in [3.8, 4) is 0 Å². The highest BCUT2D eigenvalue weighted by Gasteiger charge is 1.99. The summed E-state index contributed by atoms with van der Waals surface area (Å²) in [6, 6.07) is 8.60. The molecule has 0 bridgehead atoms. The molecule has 136 valence electrons. The molecule has 0 fully saturated rings. The first-order chi connectivity index (χ1) is 11.7. The summed E-state index contributed by atoms with van der Waals surface area (Å²) in [4.78, 5) is 11.1. The molecule has 0 radical (unpaired) electrons. The minimum Gasteiger partial charge on any atom is -0.300 e. The molecule has 1 aromatic carbocycles. The number of rotatable bonds is 15. The zero-order chi connectivity index (χ0) is 17.5. The highest BCUT2D eigenvalue weighted by Crippen LogP contribution is 2.14. The number of carbonyl (C=O) groups is 1. The monoisotopic (exact) mass is 330 g/mol. The molecule has 0 amide bonds. The van der Waals surface area contributed by atoms with Crippen LogP contribution in [-0.2, 0) is 17.6 Å². The van der Waals surface area contributed by atoms with Crippen molar-refractivity contribution in [3.63, 3.8) is 0 Å². The van der Waals surface area contributed by atoms with E-state index in [1.165, 1.54) is 89.0 Å². The Morgan fingerprint density at radius 1 is 0.667 bits per heavy atom. The predicted octanol–water partition coefficient (Wildman–Crippen LogP) is 7.06. The van der Waals surface area contributed by atoms with Gasteiger partial charge >= 0.3 is 0 Å². The van der Waals surface area contributed by atoms with E-state index in [9.17, 15) is 4.79 Å². The van der Waals surface area contributed by atoms with E-state index < -0.39 is 0 Å². The summed E-state index contributed by atoms with van der Waals surface area (Å²) < 4.78 is 0. The van der Waals surface area contributed by atoms with Crippen molar-refractivity contribution >= 4 is 5.78 Å². The average Bonchev–Trinajstić information content (AvgIpc) is 2.57. The number of Topliss-reactive ketones (excluding diaryl/α,β-unsaturated/α-hetero) is 1. The Morgan fingerprint density at radius 3 is 1.54 bits per heavy atom. The Labute approximate surface area is 150 Å². The van der Waals surface area contributed by atoms with Crippen LogP contribution >= 0.6 is 0 Å². The maximum absolute atomic E-state index is 11.1. The van der Waals surface area contributed by atoms with Crippen molar-refractivity contribution in [2.45, 2.75) is 104 Å². The molecule has 0 aliphatic carbocycles. The van der Waals surface area contributed by atoms with Gasteiger partial charge in [0.05, 0.1) is 0 Å². The van der Waals surface area contributed by atoms with Crippen LogP contribution < -0.4 is 0 Å². The summed E-state index contributed by atoms with van der Waals surface area (Å²) >= 11 is 0. The third kappa shape index (κ3) is 11.4. The molecule has 1 nitrogen and oxygen atoms in total. The van der Waals surface area contributed by atoms with Crippen molar-refractivity contribution in [3.05, 3.63) is 35.4 Å². The summed E-state index contributed by atoms with van der Waals surface area (Å²) in [5.74, 6) is 0.240. The van der Waals surface area contributed by atoms with Crippen molar-refractivity contribution < 1.29 is 4.79 Å². The van der Waals surface area contributed by atoms with E-state index in [-0.39, 0.29) is 5.78 Å². The Kier molecular flexibility index (Phi) is 12.4. The van der Waals surface area contributed by atoms with Crippen LogP contribution in [0.4, 0.5) is 0 Å². The number of ketones is 1. The van der Waals surface area contributed by atoms with Gasteiger partial charge in [-0.15, -0.1) is 0 Å². The molecule has 0 heterocycles. The topological polar surface area (TPSA) is 17.1 Å². The predicted molar refractivity (Wildman–Crippen MR) is 106 cm³/mol. The number of aryl methyl sites for hydroxylation is 1. The Hall–Kier alpha value is -1.11. The molecule has 1 rings (SSSR count). The Bertz CT molecular complexity index is 418. The minimum absolute atomic E-state index is 0.240. The van der Waals surface area contributed by atoms with Crippen molar-refractivity contribution in [1.29, 1.82) is 0 Å². The number of unbranched alkanes of at least 4 members (excludes halogenated alkanes) is 11. The summed E-state index contributed by atoms with van der Waals surface area (Å²) in [6.07, 6.45) is 18.6. The van der Waals surface area contributed by atoms with Gasteiger partial charge in [0.15, 0.2) is 0 Å². The van der Waals surface area contributed by atoms with Crippen LogP contribution in [0.15, 0.2) is 24.3 Å². The highest BCUT2D eigenvalue weighted by atomic mass is 16.1. The van der Waals surface area contributed by atoms with Crippen LogP contribution in [0.3, 0.4) is 0 Å². The van der Waals surface area contributed by atoms with Crippen molar-refractivity contribution in [2.24, 2.45) is 0 Å². The molecule has 0 aliphatic heterocycles. The normalized spacial score (nSPS) is 10.9. The smallest absolute Gasteiger partial charge is 0.134 e. The lowest BCUT2D eigenvalue weighted by Gasteiger charge is -2.04. The van der Waals surface area contributed by atoms with Crippen LogP contribution in [-0.4, -0.2) is 5.78 Å². The fourth-order valence-corrected chi connectivity index (χ4v) is 3.28. The highest BCUT2D eigenvalue weighted by molar-refractivity contribution is 5.78. The fourth-order valence-electron chi connectivity index (χ4n) is 3.28. The van der Waals surface area contributed by atoms with E-state index in [1.807, 2.05) is 0 Å². The van der Waals surface area contributed by atoms with Gasteiger partial charge in [-0.25, -0.2) is 0 Å². The molecule has 1 aromatic rings. The molecule has 0 saturated heterocycles. The average molecular weight is 331 g/mol. The first-order valence-corrected chi connectivity index (χ1v) is 10.3. The second-order valence-electron chi connectivity index (χ2n) is 7.33. The van der Waals surface area contributed by atoms with Gasteiger partial charge in [0.2, 0.25) is 0 Å². The molecule has 0 spiro atoms. The van der Waals surface area contributed by atoms with Gasteiger partial charge in [0.25, 0.3) is 0 Å². The third-order valence-electron chi connectivity index (χ3n) is 4.80. The second-order valence-corrected chi connectivity index (χ2v) is 7.33. The lowest BCUT2D eigenvalue weighted by Crippen LogP contribution is -1.96. The van der Waals surface area contributed by atoms with E-state index in [1.54, 1.807) is 6.92 Å². The summed E-state index contributed by atoms with van der Waals surface area (Å²) in [6.45, 7) is 3.93. The van der Waals surface area contributed by atoms with Gasteiger partial charge in [-0.1, -0.05) is 102 Å². The maximum Gasteiger partial charge on any atom is 0.134 e. The quantitative estimate of drug-likeness (QED) is 0.314. The molecule has 0 aliphatic rings. The van der Waals surface area contributed by atoms with E-state index in [0.717, 1.165) is 5.56 Å². The lowest BCUT2D eigenvalue weighted by molar-refractivity contribution is -0.116. The fraction of sp³-hybridized carbons (Fsp3) is 0.696. The Balaban J connectivity index is 1.92. The molecule has 0 atom stereocenters. The van der Waals surface area contributed by atoms with Gasteiger partial charge in [-0.2, -0.15) is 0 Å². The zero-order valence-electron chi connectivity index (χ0n) is 16.1. The van der Waals surface area contributed by atoms with Crippen molar-refractivity contribution in [1.82, 2.24) is 0 Å². The largest absolute Gasteiger partial charge is 0.300 e. The van der Waals surface area contributed by atoms with Crippen molar-refractivity contribution in [2.75, 3.05) is 0 Å². The minimum atomic E-state index is 0.240. The van der Waals surface area contributed by atoms with E-state index >= 15 is 0 Å². The van der Waals surface area contributed by atoms with Crippen LogP contribution in [0.25, 0.3) is 0 Å². The van der Waals surface area contributed by atoms with Gasteiger partial charge in [-0.05, 0) is 30.9 Å². The van der Waals surface area contributed by atoms with E-state index in [2.05, 4.69) is 31.2 Å². The number of carbonyl (C=O) groups excluding carboxylic acids is 1.